The van der Waals surface area contributed by atoms with Crippen LogP contribution in [0.15, 0.2) is 225 Å². The van der Waals surface area contributed by atoms with Crippen LogP contribution in [0.3, 0.4) is 0 Å². The van der Waals surface area contributed by atoms with Gasteiger partial charge in [0.25, 0.3) is 0 Å². The highest BCUT2D eigenvalue weighted by Crippen LogP contribution is 2.49. The highest BCUT2D eigenvalue weighted by molar-refractivity contribution is 6.35. The lowest BCUT2D eigenvalue weighted by molar-refractivity contribution is 1.18. The van der Waals surface area contributed by atoms with E-state index in [4.69, 9.17) is 4.98 Å². The lowest BCUT2D eigenvalue weighted by Crippen LogP contribution is -1.93. The molecule has 70 heavy (non-hydrogen) atoms. The van der Waals surface area contributed by atoms with E-state index in [0.29, 0.717) is 0 Å². The molecule has 5 heteroatoms. The second kappa shape index (κ2) is 13.2. The van der Waals surface area contributed by atoms with Crippen LogP contribution < -0.4 is 0 Å². The largest absolute Gasteiger partial charge is 0.309 e. The fourth-order valence-corrected chi connectivity index (χ4v) is 12.9. The fraction of sp³-hybridized carbons (Fsp3) is 0. The van der Waals surface area contributed by atoms with Gasteiger partial charge < -0.3 is 13.5 Å². The van der Waals surface area contributed by atoms with Crippen molar-refractivity contribution in [1.82, 2.24) is 22.9 Å². The molecule has 0 unspecified atom stereocenters. The summed E-state index contributed by atoms with van der Waals surface area (Å²) in [6.07, 6.45) is 2.15. The standard InChI is InChI=1S/C65H37N5/c1-3-15-40(16-4-1)67-54-29-9-7-19-44(54)52-35-38(31-33-56(52)67)42-21-11-23-46-48-25-13-27-50-59-58(69(61(42)46)63(48)50)37-66-65-60(59)51-28-14-26-49-47-24-12-22-43(62(47)70(65)64(49)51)39-32-34-57-53(36-39)45-20-8-10-30-55(45)68(57)41-17-5-2-6-18-41/h1-37H. The SMILES string of the molecule is c1ccc(-n2c3ccccc3c3cc(-c4cccc5c6cccc7c8c9c%10cccc%11c%12cccc(-c%13ccc%14c(c%13)c%13ccccc%13n%14-c%13ccccc%13)c%12n(c9ncc8n(c45)c67)c%11%10)ccc32)cc1. The summed E-state index contributed by atoms with van der Waals surface area (Å²) in [6, 6.07) is 80.4. The molecule has 0 bridgehead atoms. The molecule has 7 aromatic heterocycles. The van der Waals surface area contributed by atoms with E-state index in [1.807, 2.05) is 0 Å². The van der Waals surface area contributed by atoms with Gasteiger partial charge in [0, 0.05) is 87.1 Å². The lowest BCUT2D eigenvalue weighted by atomic mass is 9.98. The monoisotopic (exact) mass is 887 g/mol. The lowest BCUT2D eigenvalue weighted by Gasteiger charge is -2.10. The zero-order valence-corrected chi connectivity index (χ0v) is 37.6. The van der Waals surface area contributed by atoms with Crippen LogP contribution in [0.5, 0.6) is 0 Å². The van der Waals surface area contributed by atoms with Crippen LogP contribution >= 0.6 is 0 Å². The van der Waals surface area contributed by atoms with E-state index in [0.717, 1.165) is 22.5 Å². The van der Waals surface area contributed by atoms with Crippen molar-refractivity contribution in [2.24, 2.45) is 0 Å². The van der Waals surface area contributed by atoms with Gasteiger partial charge in [0.05, 0.1) is 55.8 Å². The van der Waals surface area contributed by atoms with Gasteiger partial charge >= 0.3 is 0 Å². The number of para-hydroxylation sites is 8. The van der Waals surface area contributed by atoms with Crippen LogP contribution in [0, 0.1) is 0 Å². The van der Waals surface area contributed by atoms with Crippen molar-refractivity contribution in [2.75, 3.05) is 0 Å². The second-order valence-corrected chi connectivity index (χ2v) is 19.0. The molecule has 0 saturated carbocycles. The molecule has 0 aliphatic carbocycles. The van der Waals surface area contributed by atoms with Gasteiger partial charge in [-0.1, -0.05) is 158 Å². The summed E-state index contributed by atoms with van der Waals surface area (Å²) < 4.78 is 9.77. The van der Waals surface area contributed by atoms with Crippen molar-refractivity contribution in [3.63, 3.8) is 0 Å². The number of rotatable bonds is 4. The van der Waals surface area contributed by atoms with Crippen LogP contribution in [-0.4, -0.2) is 22.9 Å². The van der Waals surface area contributed by atoms with Crippen LogP contribution in [-0.2, 0) is 0 Å². The summed E-state index contributed by atoms with van der Waals surface area (Å²) in [4.78, 5) is 5.56. The van der Waals surface area contributed by atoms with Crippen molar-refractivity contribution < 1.29 is 0 Å². The molecule has 7 heterocycles. The maximum Gasteiger partial charge on any atom is 0.146 e. The average Bonchev–Trinajstić information content (AvgIpc) is 4.27. The van der Waals surface area contributed by atoms with Gasteiger partial charge in [-0.2, -0.15) is 0 Å². The Morgan fingerprint density at radius 3 is 1.24 bits per heavy atom. The predicted molar refractivity (Wildman–Crippen MR) is 293 cm³/mol. The summed E-state index contributed by atoms with van der Waals surface area (Å²) >= 11 is 0. The molecule has 0 fully saturated rings. The molecule has 17 rings (SSSR count). The van der Waals surface area contributed by atoms with Crippen molar-refractivity contribution in [3.8, 4) is 33.6 Å². The van der Waals surface area contributed by atoms with E-state index in [1.54, 1.807) is 0 Å². The maximum atomic E-state index is 5.56. The van der Waals surface area contributed by atoms with Crippen LogP contribution in [0.1, 0.15) is 0 Å². The van der Waals surface area contributed by atoms with Crippen molar-refractivity contribution in [2.45, 2.75) is 0 Å². The molecule has 0 aliphatic heterocycles. The zero-order chi connectivity index (χ0) is 45.3. The van der Waals surface area contributed by atoms with Crippen molar-refractivity contribution >= 4 is 120 Å². The average molecular weight is 888 g/mol. The number of benzene rings is 10. The van der Waals surface area contributed by atoms with Gasteiger partial charge in [-0.05, 0) is 71.8 Å². The smallest absolute Gasteiger partial charge is 0.146 e. The molecule has 0 amide bonds. The molecule has 322 valence electrons. The van der Waals surface area contributed by atoms with E-state index in [1.165, 1.54) is 131 Å². The van der Waals surface area contributed by atoms with E-state index >= 15 is 0 Å². The highest BCUT2D eigenvalue weighted by Gasteiger charge is 2.27. The second-order valence-electron chi connectivity index (χ2n) is 19.0. The summed E-state index contributed by atoms with van der Waals surface area (Å²) in [5.74, 6) is 0. The topological polar surface area (TPSA) is 31.6 Å². The quantitative estimate of drug-likeness (QED) is 0.173. The van der Waals surface area contributed by atoms with Gasteiger partial charge in [-0.25, -0.2) is 4.98 Å². The van der Waals surface area contributed by atoms with Crippen molar-refractivity contribution in [1.29, 1.82) is 0 Å². The Kier molecular flexibility index (Phi) is 6.89. The van der Waals surface area contributed by atoms with Crippen LogP contribution in [0.4, 0.5) is 0 Å². The zero-order valence-electron chi connectivity index (χ0n) is 37.6. The van der Waals surface area contributed by atoms with Gasteiger partial charge in [-0.3, -0.25) is 4.40 Å². The molecular weight excluding hydrogens is 851 g/mol. The Bertz CT molecular complexity index is 4730. The van der Waals surface area contributed by atoms with E-state index in [9.17, 15) is 0 Å². The Morgan fingerprint density at radius 1 is 0.271 bits per heavy atom. The number of nitrogens with zero attached hydrogens (tertiary/aromatic N) is 5. The summed E-state index contributed by atoms with van der Waals surface area (Å²) in [6.45, 7) is 0. The maximum absolute atomic E-state index is 5.56. The molecule has 0 radical (unpaired) electrons. The number of aromatic nitrogens is 5. The molecular formula is C65H37N5. The highest BCUT2D eigenvalue weighted by atomic mass is 15.0. The molecule has 17 aromatic rings. The van der Waals surface area contributed by atoms with Crippen LogP contribution in [0.2, 0.25) is 0 Å². The third-order valence-electron chi connectivity index (χ3n) is 15.6. The fourth-order valence-electron chi connectivity index (χ4n) is 12.9. The van der Waals surface area contributed by atoms with Gasteiger partial charge in [0.2, 0.25) is 0 Å². The number of hydrogen-bond acceptors (Lipinski definition) is 1. The molecule has 0 aliphatic rings. The van der Waals surface area contributed by atoms with Crippen molar-refractivity contribution in [3.05, 3.63) is 225 Å². The Hall–Kier alpha value is -9.45. The first kappa shape index (κ1) is 36.6. The molecule has 0 saturated heterocycles. The number of pyridine rings is 1. The minimum Gasteiger partial charge on any atom is -0.309 e. The third kappa shape index (κ3) is 4.50. The predicted octanol–water partition coefficient (Wildman–Crippen LogP) is 16.9. The molecule has 0 spiro atoms. The Morgan fingerprint density at radius 2 is 0.686 bits per heavy atom. The summed E-state index contributed by atoms with van der Waals surface area (Å²) in [7, 11) is 0. The molecule has 5 nitrogen and oxygen atoms in total. The number of fused-ring (bicyclic) bond motifs is 19. The molecule has 10 aromatic carbocycles. The number of hydrogen-bond donors (Lipinski definition) is 0. The van der Waals surface area contributed by atoms with Gasteiger partial charge in [0.1, 0.15) is 5.65 Å². The summed E-state index contributed by atoms with van der Waals surface area (Å²) in [5, 5.41) is 14.9. The minimum atomic E-state index is 0.988. The van der Waals surface area contributed by atoms with E-state index < -0.39 is 0 Å². The first-order valence-corrected chi connectivity index (χ1v) is 24.1. The van der Waals surface area contributed by atoms with Gasteiger partial charge in [-0.15, -0.1) is 0 Å². The normalized spacial score (nSPS) is 12.6. The Labute approximate surface area is 399 Å². The minimum absolute atomic E-state index is 0.988. The van der Waals surface area contributed by atoms with E-state index in [2.05, 4.69) is 243 Å². The molecule has 0 atom stereocenters. The summed E-state index contributed by atoms with van der Waals surface area (Å²) in [5.41, 5.74) is 18.9. The first-order valence-electron chi connectivity index (χ1n) is 24.1. The van der Waals surface area contributed by atoms with Gasteiger partial charge in [0.15, 0.2) is 0 Å². The first-order chi connectivity index (χ1) is 34.8. The Balaban J connectivity index is 0.930. The third-order valence-corrected chi connectivity index (χ3v) is 15.6. The molecule has 0 N–H and O–H groups in total. The van der Waals surface area contributed by atoms with E-state index in [-0.39, 0.29) is 0 Å². The van der Waals surface area contributed by atoms with Crippen LogP contribution in [0.25, 0.3) is 154 Å².